The molecule has 1 aromatic heterocycles. The maximum Gasteiger partial charge on any atom is 0.316 e. The van der Waals surface area contributed by atoms with E-state index in [1.165, 1.54) is 36.6 Å². The molecule has 0 aliphatic carbocycles. The Labute approximate surface area is 230 Å². The van der Waals surface area contributed by atoms with Crippen LogP contribution in [0.1, 0.15) is 67.0 Å². The lowest BCUT2D eigenvalue weighted by atomic mass is 9.85. The number of fused-ring (bicyclic) bond motifs is 4. The number of aromatic nitrogens is 2. The molecule has 0 amide bonds. The summed E-state index contributed by atoms with van der Waals surface area (Å²) in [6.45, 7) is 3.17. The molecule has 6 nitrogen and oxygen atoms in total. The van der Waals surface area contributed by atoms with Crippen molar-refractivity contribution in [1.82, 2.24) is 20.2 Å². The van der Waals surface area contributed by atoms with E-state index in [2.05, 4.69) is 28.1 Å². The summed E-state index contributed by atoms with van der Waals surface area (Å²) in [5.41, 5.74) is 4.79. The molecule has 4 atom stereocenters. The normalized spacial score (nSPS) is 26.5. The van der Waals surface area contributed by atoms with Crippen molar-refractivity contribution in [3.05, 3.63) is 58.7 Å². The number of piperidine rings is 1. The van der Waals surface area contributed by atoms with Crippen molar-refractivity contribution in [1.29, 1.82) is 0 Å². The third kappa shape index (κ3) is 4.54. The Morgan fingerprint density at radius 1 is 1.10 bits per heavy atom. The van der Waals surface area contributed by atoms with E-state index in [1.54, 1.807) is 0 Å². The van der Waals surface area contributed by atoms with Crippen LogP contribution in [0.4, 0.5) is 10.1 Å². The molecule has 4 aliphatic heterocycles. The predicted octanol–water partition coefficient (Wildman–Crippen LogP) is 4.78. The van der Waals surface area contributed by atoms with Gasteiger partial charge in [-0.3, -0.25) is 0 Å². The standard InChI is InChI=1S/C32H36FN5O/c1-3-25-27(33)12-9-20-6-4-8-29(30(20)25)38-15-13-26-28(18-38)35-32(39-19-24-7-5-14-37(24)2)36-31(26)21-16-22-10-11-23(17-21)34-22/h1,4,6,8-9,12,21-24,34H,5,7,10-11,13-19H2,2H3/t21-,22+,23-,24-/m0/s1. The van der Waals surface area contributed by atoms with Crippen LogP contribution >= 0.6 is 0 Å². The molecule has 7 heteroatoms. The van der Waals surface area contributed by atoms with Crippen molar-refractivity contribution in [2.24, 2.45) is 0 Å². The quantitative estimate of drug-likeness (QED) is 0.484. The number of likely N-dealkylation sites (tertiary alicyclic amines) is 1. The van der Waals surface area contributed by atoms with Crippen molar-refractivity contribution in [2.75, 3.05) is 31.6 Å². The molecule has 2 bridgehead atoms. The lowest BCUT2D eigenvalue weighted by Crippen LogP contribution is -2.39. The number of anilines is 1. The number of nitrogens with one attached hydrogen (secondary N) is 1. The zero-order valence-electron chi connectivity index (χ0n) is 22.6. The van der Waals surface area contributed by atoms with Gasteiger partial charge < -0.3 is 19.9 Å². The Hall–Kier alpha value is -3.21. The molecule has 0 saturated carbocycles. The van der Waals surface area contributed by atoms with Gasteiger partial charge in [0.05, 0.1) is 23.5 Å². The highest BCUT2D eigenvalue weighted by Crippen LogP contribution is 2.41. The van der Waals surface area contributed by atoms with Crippen LogP contribution in [0.15, 0.2) is 30.3 Å². The lowest BCUT2D eigenvalue weighted by Gasteiger charge is -2.35. The van der Waals surface area contributed by atoms with Gasteiger partial charge in [0, 0.05) is 41.7 Å². The Bertz CT molecular complexity index is 1440. The lowest BCUT2D eigenvalue weighted by molar-refractivity contribution is 0.186. The van der Waals surface area contributed by atoms with Gasteiger partial charge in [-0.15, -0.1) is 6.42 Å². The molecule has 3 fully saturated rings. The van der Waals surface area contributed by atoms with E-state index in [0.29, 0.717) is 48.8 Å². The number of halogens is 1. The zero-order valence-corrected chi connectivity index (χ0v) is 22.6. The Balaban J connectivity index is 1.25. The number of nitrogens with zero attached hydrogens (tertiary/aromatic N) is 4. The molecule has 4 aliphatic rings. The maximum absolute atomic E-state index is 14.7. The minimum absolute atomic E-state index is 0.326. The SMILES string of the molecule is C#Cc1c(F)ccc2cccc(N3CCc4c(nc(OC[C@@H]5CCCN5C)nc4[C@H]4C[C@H]5CC[C@@H](C4)N5)C3)c12. The summed E-state index contributed by atoms with van der Waals surface area (Å²) >= 11 is 0. The average Bonchev–Trinajstić information content (AvgIpc) is 3.53. The molecule has 202 valence electrons. The number of benzene rings is 2. The first-order chi connectivity index (χ1) is 19.1. The van der Waals surface area contributed by atoms with E-state index < -0.39 is 0 Å². The Kier molecular flexibility index (Phi) is 6.41. The molecule has 7 rings (SSSR count). The average molecular weight is 526 g/mol. The highest BCUT2D eigenvalue weighted by molar-refractivity contribution is 5.99. The van der Waals surface area contributed by atoms with Gasteiger partial charge in [-0.2, -0.15) is 9.97 Å². The van der Waals surface area contributed by atoms with Crippen molar-refractivity contribution in [3.8, 4) is 18.4 Å². The molecule has 3 saturated heterocycles. The predicted molar refractivity (Wildman–Crippen MR) is 152 cm³/mol. The summed E-state index contributed by atoms with van der Waals surface area (Å²) in [5, 5.41) is 5.53. The van der Waals surface area contributed by atoms with Gasteiger partial charge in [0.25, 0.3) is 0 Å². The smallest absolute Gasteiger partial charge is 0.316 e. The van der Waals surface area contributed by atoms with Gasteiger partial charge in [0.2, 0.25) is 0 Å². The minimum Gasteiger partial charge on any atom is -0.462 e. The summed E-state index contributed by atoms with van der Waals surface area (Å²) in [5.74, 6) is 2.68. The van der Waals surface area contributed by atoms with Gasteiger partial charge in [-0.25, -0.2) is 4.39 Å². The first kappa shape index (κ1) is 24.8. The van der Waals surface area contributed by atoms with Crippen LogP contribution in [0.25, 0.3) is 10.8 Å². The van der Waals surface area contributed by atoms with E-state index >= 15 is 0 Å². The molecule has 1 N–H and O–H groups in total. The van der Waals surface area contributed by atoms with Crippen LogP contribution in [0.3, 0.4) is 0 Å². The Morgan fingerprint density at radius 2 is 1.95 bits per heavy atom. The second-order valence-electron chi connectivity index (χ2n) is 11.8. The van der Waals surface area contributed by atoms with Crippen LogP contribution in [0, 0.1) is 18.2 Å². The number of terminal acetylenes is 1. The van der Waals surface area contributed by atoms with E-state index in [9.17, 15) is 4.39 Å². The van der Waals surface area contributed by atoms with Gasteiger partial charge in [0.15, 0.2) is 0 Å². The monoisotopic (exact) mass is 525 g/mol. The summed E-state index contributed by atoms with van der Waals surface area (Å²) in [4.78, 5) is 14.8. The van der Waals surface area contributed by atoms with Gasteiger partial charge in [-0.1, -0.05) is 24.1 Å². The van der Waals surface area contributed by atoms with Crippen molar-refractivity contribution in [3.63, 3.8) is 0 Å². The molecular formula is C32H36FN5O. The van der Waals surface area contributed by atoms with Crippen LogP contribution in [-0.2, 0) is 13.0 Å². The van der Waals surface area contributed by atoms with Gasteiger partial charge >= 0.3 is 6.01 Å². The van der Waals surface area contributed by atoms with Crippen molar-refractivity contribution >= 4 is 16.5 Å². The second kappa shape index (κ2) is 10.1. The van der Waals surface area contributed by atoms with E-state index in [0.717, 1.165) is 60.9 Å². The number of likely N-dealkylation sites (N-methyl/N-ethyl adjacent to an activating group) is 1. The fourth-order valence-corrected chi connectivity index (χ4v) is 7.42. The molecule has 0 radical (unpaired) electrons. The highest BCUT2D eigenvalue weighted by atomic mass is 19.1. The summed E-state index contributed by atoms with van der Waals surface area (Å²) in [6, 6.07) is 11.4. The highest BCUT2D eigenvalue weighted by Gasteiger charge is 2.37. The fraction of sp³-hybridized carbons (Fsp3) is 0.500. The number of hydrogen-bond acceptors (Lipinski definition) is 6. The fourth-order valence-electron chi connectivity index (χ4n) is 7.42. The maximum atomic E-state index is 14.7. The second-order valence-corrected chi connectivity index (χ2v) is 11.8. The summed E-state index contributed by atoms with van der Waals surface area (Å²) < 4.78 is 21.0. The molecule has 5 heterocycles. The number of rotatable bonds is 5. The molecule has 0 spiro atoms. The van der Waals surface area contributed by atoms with Crippen LogP contribution in [-0.4, -0.2) is 59.7 Å². The van der Waals surface area contributed by atoms with Crippen molar-refractivity contribution in [2.45, 2.75) is 75.5 Å². The number of ether oxygens (including phenoxy) is 1. The van der Waals surface area contributed by atoms with Crippen molar-refractivity contribution < 1.29 is 9.13 Å². The van der Waals surface area contributed by atoms with Crippen LogP contribution in [0.2, 0.25) is 0 Å². The summed E-state index contributed by atoms with van der Waals surface area (Å²) in [7, 11) is 2.17. The van der Waals surface area contributed by atoms with E-state index in [-0.39, 0.29) is 5.82 Å². The topological polar surface area (TPSA) is 53.5 Å². The first-order valence-electron chi connectivity index (χ1n) is 14.5. The van der Waals surface area contributed by atoms with E-state index in [1.807, 2.05) is 24.3 Å². The van der Waals surface area contributed by atoms with Gasteiger partial charge in [0.1, 0.15) is 12.4 Å². The van der Waals surface area contributed by atoms with Gasteiger partial charge in [-0.05, 0) is 81.6 Å². The molecule has 39 heavy (non-hydrogen) atoms. The Morgan fingerprint density at radius 3 is 2.72 bits per heavy atom. The summed E-state index contributed by atoms with van der Waals surface area (Å²) in [6.07, 6.45) is 13.8. The minimum atomic E-state index is -0.354. The third-order valence-corrected chi connectivity index (χ3v) is 9.47. The largest absolute Gasteiger partial charge is 0.462 e. The molecule has 2 aromatic carbocycles. The first-order valence-corrected chi connectivity index (χ1v) is 14.5. The van der Waals surface area contributed by atoms with Crippen LogP contribution < -0.4 is 15.0 Å². The third-order valence-electron chi connectivity index (χ3n) is 9.47. The molecular weight excluding hydrogens is 489 g/mol. The molecule has 3 aromatic rings. The van der Waals surface area contributed by atoms with Crippen LogP contribution in [0.5, 0.6) is 6.01 Å². The number of hydrogen-bond donors (Lipinski definition) is 1. The zero-order chi connectivity index (χ0) is 26.5. The van der Waals surface area contributed by atoms with E-state index in [4.69, 9.17) is 21.1 Å². The molecule has 0 unspecified atom stereocenters.